The Morgan fingerprint density at radius 2 is 1.70 bits per heavy atom. The third-order valence-corrected chi connectivity index (χ3v) is 6.21. The van der Waals surface area contributed by atoms with Gasteiger partial charge in [-0.15, -0.1) is 0 Å². The van der Waals surface area contributed by atoms with E-state index in [-0.39, 0.29) is 35.7 Å². The van der Waals surface area contributed by atoms with Gasteiger partial charge in [0, 0.05) is 31.1 Å². The van der Waals surface area contributed by atoms with E-state index in [9.17, 15) is 23.1 Å². The first-order chi connectivity index (χ1) is 14.4. The van der Waals surface area contributed by atoms with Gasteiger partial charge < -0.3 is 10.0 Å². The third kappa shape index (κ3) is 4.31. The van der Waals surface area contributed by atoms with Gasteiger partial charge in [0.15, 0.2) is 0 Å². The molecule has 0 aromatic heterocycles. The van der Waals surface area contributed by atoms with Crippen LogP contribution >= 0.6 is 0 Å². The minimum Gasteiger partial charge on any atom is -0.508 e. The standard InChI is InChI=1S/C23H25F3N2O2/c24-20-14-27(11-9-19(20)16-5-7-18(29)8-6-16)21-10-12-28(23(21)30)13-15-1-3-17(4-2-15)22(25)26/h1-8,19-22,29H,9-14H2. The number of nitrogens with zero attached hydrogens (tertiary/aromatic N) is 2. The predicted molar refractivity (Wildman–Crippen MR) is 107 cm³/mol. The first kappa shape index (κ1) is 20.7. The number of rotatable bonds is 5. The van der Waals surface area contributed by atoms with Crippen molar-refractivity contribution in [1.82, 2.24) is 9.80 Å². The van der Waals surface area contributed by atoms with Gasteiger partial charge in [0.25, 0.3) is 6.43 Å². The number of aromatic hydroxyl groups is 1. The van der Waals surface area contributed by atoms with E-state index in [4.69, 9.17) is 0 Å². The van der Waals surface area contributed by atoms with Crippen molar-refractivity contribution in [3.63, 3.8) is 0 Å². The number of phenolic OH excluding ortho intramolecular Hbond substituents is 1. The number of benzene rings is 2. The molecule has 160 valence electrons. The van der Waals surface area contributed by atoms with Crippen molar-refractivity contribution in [3.05, 3.63) is 65.2 Å². The lowest BCUT2D eigenvalue weighted by Gasteiger charge is -2.37. The molecule has 3 atom stereocenters. The van der Waals surface area contributed by atoms with E-state index >= 15 is 0 Å². The van der Waals surface area contributed by atoms with Crippen LogP contribution in [0.5, 0.6) is 5.75 Å². The lowest BCUT2D eigenvalue weighted by molar-refractivity contribution is -0.133. The summed E-state index contributed by atoms with van der Waals surface area (Å²) in [5.74, 6) is -0.0990. The number of piperidine rings is 1. The number of carbonyl (C=O) groups is 1. The molecule has 0 aliphatic carbocycles. The van der Waals surface area contributed by atoms with Gasteiger partial charge in [-0.25, -0.2) is 13.2 Å². The fraction of sp³-hybridized carbons (Fsp3) is 0.435. The Morgan fingerprint density at radius 1 is 1.00 bits per heavy atom. The van der Waals surface area contributed by atoms with Crippen molar-refractivity contribution in [3.8, 4) is 5.75 Å². The summed E-state index contributed by atoms with van der Waals surface area (Å²) in [6.07, 6.45) is -2.32. The Labute approximate surface area is 173 Å². The molecular formula is C23H25F3N2O2. The van der Waals surface area contributed by atoms with E-state index in [2.05, 4.69) is 0 Å². The Morgan fingerprint density at radius 3 is 2.33 bits per heavy atom. The zero-order chi connectivity index (χ0) is 21.3. The van der Waals surface area contributed by atoms with Crippen LogP contribution in [0.3, 0.4) is 0 Å². The second kappa shape index (κ2) is 8.68. The van der Waals surface area contributed by atoms with Crippen molar-refractivity contribution in [1.29, 1.82) is 0 Å². The molecule has 3 unspecified atom stereocenters. The van der Waals surface area contributed by atoms with Crippen molar-refractivity contribution in [2.75, 3.05) is 19.6 Å². The molecule has 4 nitrogen and oxygen atoms in total. The Balaban J connectivity index is 1.35. The van der Waals surface area contributed by atoms with E-state index in [1.165, 1.54) is 12.1 Å². The quantitative estimate of drug-likeness (QED) is 0.789. The number of hydrogen-bond donors (Lipinski definition) is 1. The minimum atomic E-state index is -2.50. The second-order valence-corrected chi connectivity index (χ2v) is 8.10. The highest BCUT2D eigenvalue weighted by atomic mass is 19.3. The normalized spacial score (nSPS) is 25.3. The smallest absolute Gasteiger partial charge is 0.263 e. The molecule has 2 heterocycles. The Kier molecular flexibility index (Phi) is 5.99. The van der Waals surface area contributed by atoms with Gasteiger partial charge >= 0.3 is 0 Å². The molecule has 30 heavy (non-hydrogen) atoms. The highest BCUT2D eigenvalue weighted by Gasteiger charge is 2.40. The van der Waals surface area contributed by atoms with Gasteiger partial charge in [-0.2, -0.15) is 0 Å². The lowest BCUT2D eigenvalue weighted by atomic mass is 9.87. The average molecular weight is 418 g/mol. The molecule has 0 radical (unpaired) electrons. The van der Waals surface area contributed by atoms with Crippen molar-refractivity contribution < 1.29 is 23.1 Å². The molecule has 7 heteroatoms. The van der Waals surface area contributed by atoms with Gasteiger partial charge in [-0.05, 0) is 42.6 Å². The summed E-state index contributed by atoms with van der Waals surface area (Å²) < 4.78 is 40.3. The van der Waals surface area contributed by atoms with E-state index in [1.807, 2.05) is 4.90 Å². The van der Waals surface area contributed by atoms with Crippen molar-refractivity contribution in [2.45, 2.75) is 43.9 Å². The number of amides is 1. The molecule has 1 amide bonds. The maximum Gasteiger partial charge on any atom is 0.263 e. The highest BCUT2D eigenvalue weighted by Crippen LogP contribution is 2.33. The van der Waals surface area contributed by atoms with Crippen LogP contribution < -0.4 is 0 Å². The summed E-state index contributed by atoms with van der Waals surface area (Å²) in [4.78, 5) is 16.6. The number of likely N-dealkylation sites (tertiary alicyclic amines) is 2. The maximum absolute atomic E-state index is 14.9. The van der Waals surface area contributed by atoms with Crippen LogP contribution in [-0.2, 0) is 11.3 Å². The first-order valence-corrected chi connectivity index (χ1v) is 10.2. The van der Waals surface area contributed by atoms with Crippen LogP contribution in [0, 0.1) is 0 Å². The monoisotopic (exact) mass is 418 g/mol. The average Bonchev–Trinajstić information content (AvgIpc) is 3.09. The van der Waals surface area contributed by atoms with Crippen molar-refractivity contribution >= 4 is 5.91 Å². The molecule has 2 aromatic rings. The van der Waals surface area contributed by atoms with Gasteiger partial charge in [0.1, 0.15) is 11.9 Å². The fourth-order valence-electron chi connectivity index (χ4n) is 4.52. The highest BCUT2D eigenvalue weighted by molar-refractivity contribution is 5.84. The Hall–Kier alpha value is -2.54. The van der Waals surface area contributed by atoms with Crippen LogP contribution in [0.1, 0.15) is 41.9 Å². The Bertz CT molecular complexity index is 873. The van der Waals surface area contributed by atoms with Crippen LogP contribution in [-0.4, -0.2) is 52.7 Å². The van der Waals surface area contributed by atoms with E-state index in [1.54, 1.807) is 41.3 Å². The van der Waals surface area contributed by atoms with Crippen LogP contribution in [0.25, 0.3) is 0 Å². The molecule has 0 bridgehead atoms. The molecule has 4 rings (SSSR count). The summed E-state index contributed by atoms with van der Waals surface area (Å²) in [5.41, 5.74) is 1.64. The summed E-state index contributed by atoms with van der Waals surface area (Å²) >= 11 is 0. The second-order valence-electron chi connectivity index (χ2n) is 8.10. The van der Waals surface area contributed by atoms with Crippen molar-refractivity contribution in [2.24, 2.45) is 0 Å². The molecule has 0 saturated carbocycles. The summed E-state index contributed by atoms with van der Waals surface area (Å²) in [7, 11) is 0. The zero-order valence-corrected chi connectivity index (χ0v) is 16.6. The summed E-state index contributed by atoms with van der Waals surface area (Å²) in [5, 5.41) is 9.43. The van der Waals surface area contributed by atoms with Gasteiger partial charge in [-0.3, -0.25) is 9.69 Å². The van der Waals surface area contributed by atoms with E-state index in [0.29, 0.717) is 32.5 Å². The topological polar surface area (TPSA) is 43.8 Å². The van der Waals surface area contributed by atoms with Crippen LogP contribution in [0.15, 0.2) is 48.5 Å². The molecule has 2 fully saturated rings. The molecule has 2 saturated heterocycles. The van der Waals surface area contributed by atoms with E-state index < -0.39 is 12.6 Å². The number of phenols is 1. The molecule has 1 N–H and O–H groups in total. The zero-order valence-electron chi connectivity index (χ0n) is 16.6. The predicted octanol–water partition coefficient (Wildman–Crippen LogP) is 4.26. The first-order valence-electron chi connectivity index (χ1n) is 10.2. The fourth-order valence-corrected chi connectivity index (χ4v) is 4.52. The van der Waals surface area contributed by atoms with Crippen LogP contribution in [0.4, 0.5) is 13.2 Å². The molecule has 2 aliphatic heterocycles. The molecular weight excluding hydrogens is 393 g/mol. The maximum atomic E-state index is 14.9. The summed E-state index contributed by atoms with van der Waals surface area (Å²) in [6, 6.07) is 12.4. The number of alkyl halides is 3. The third-order valence-electron chi connectivity index (χ3n) is 6.21. The minimum absolute atomic E-state index is 0.0248. The largest absolute Gasteiger partial charge is 0.508 e. The van der Waals surface area contributed by atoms with Crippen LogP contribution in [0.2, 0.25) is 0 Å². The molecule has 2 aromatic carbocycles. The van der Waals surface area contributed by atoms with Gasteiger partial charge in [-0.1, -0.05) is 36.4 Å². The molecule has 0 spiro atoms. The summed E-state index contributed by atoms with van der Waals surface area (Å²) in [6.45, 7) is 1.80. The van der Waals surface area contributed by atoms with Gasteiger partial charge in [0.2, 0.25) is 5.91 Å². The van der Waals surface area contributed by atoms with E-state index in [0.717, 1.165) is 11.1 Å². The number of hydrogen-bond acceptors (Lipinski definition) is 3. The number of halogens is 3. The molecule has 2 aliphatic rings. The van der Waals surface area contributed by atoms with Gasteiger partial charge in [0.05, 0.1) is 6.04 Å². The number of carbonyl (C=O) groups excluding carboxylic acids is 1. The lowest BCUT2D eigenvalue weighted by Crippen LogP contribution is -2.49. The SMILES string of the molecule is O=C1C(N2CCC(c3ccc(O)cc3)C(F)C2)CCN1Cc1ccc(C(F)F)cc1.